The molecule has 118 valence electrons. The van der Waals surface area contributed by atoms with Crippen LogP contribution < -0.4 is 4.46 Å². The summed E-state index contributed by atoms with van der Waals surface area (Å²) in [5, 5.41) is 10.9. The van der Waals surface area contributed by atoms with E-state index >= 15 is 0 Å². The zero-order valence-electron chi connectivity index (χ0n) is 12.5. The van der Waals surface area contributed by atoms with Gasteiger partial charge in [0, 0.05) is 0 Å². The molecule has 0 aliphatic heterocycles. The summed E-state index contributed by atoms with van der Waals surface area (Å²) in [5.41, 5.74) is 0.606. The van der Waals surface area contributed by atoms with E-state index in [0.717, 1.165) is 4.46 Å². The number of nitro benzene ring substituents is 1. The summed E-state index contributed by atoms with van der Waals surface area (Å²) in [6.07, 6.45) is 1.66. The summed E-state index contributed by atoms with van der Waals surface area (Å²) in [4.78, 5) is 22.6. The average Bonchev–Trinajstić information content (AvgIpc) is 2.55. The topological polar surface area (TPSA) is 69.4 Å². The number of hydrogen-bond donors (Lipinski definition) is 0. The van der Waals surface area contributed by atoms with Crippen molar-refractivity contribution in [2.24, 2.45) is 0 Å². The first-order valence-corrected chi connectivity index (χ1v) is 8.67. The van der Waals surface area contributed by atoms with Gasteiger partial charge in [0.1, 0.15) is 0 Å². The summed E-state index contributed by atoms with van der Waals surface area (Å²) in [7, 11) is 0. The molecule has 2 aromatic rings. The van der Waals surface area contributed by atoms with Crippen LogP contribution in [0.25, 0.3) is 6.08 Å². The van der Waals surface area contributed by atoms with Crippen molar-refractivity contribution in [2.45, 2.75) is 6.92 Å². The molecule has 23 heavy (non-hydrogen) atoms. The number of ether oxygens (including phenoxy) is 1. The fraction of sp³-hybridized carbons (Fsp3) is 0.118. The SMILES string of the molecule is CCOC(=O)/C(=C/c1cccc([N+](=O)[O-])c1)[Se]c1ccccc1. The molecule has 0 aliphatic rings. The molecule has 0 saturated carbocycles. The summed E-state index contributed by atoms with van der Waals surface area (Å²) in [5.74, 6) is -0.386. The second-order valence-electron chi connectivity index (χ2n) is 4.50. The van der Waals surface area contributed by atoms with Gasteiger partial charge in [-0.25, -0.2) is 0 Å². The first kappa shape index (κ1) is 16.9. The van der Waals surface area contributed by atoms with Crippen LogP contribution in [0.3, 0.4) is 0 Å². The second kappa shape index (κ2) is 8.27. The van der Waals surface area contributed by atoms with Crippen molar-refractivity contribution in [3.05, 3.63) is 74.7 Å². The third kappa shape index (κ3) is 5.05. The number of non-ortho nitro benzene ring substituents is 1. The molecule has 0 aliphatic carbocycles. The predicted octanol–water partition coefficient (Wildman–Crippen LogP) is 2.53. The van der Waals surface area contributed by atoms with Crippen LogP contribution in [-0.4, -0.2) is 32.5 Å². The Labute approximate surface area is 140 Å². The molecule has 5 nitrogen and oxygen atoms in total. The fourth-order valence-corrected chi connectivity index (χ4v) is 3.68. The van der Waals surface area contributed by atoms with Gasteiger partial charge in [-0.2, -0.15) is 0 Å². The van der Waals surface area contributed by atoms with Gasteiger partial charge in [-0.1, -0.05) is 0 Å². The molecule has 2 aromatic carbocycles. The van der Waals surface area contributed by atoms with E-state index < -0.39 is 4.92 Å². The van der Waals surface area contributed by atoms with Crippen molar-refractivity contribution in [3.63, 3.8) is 0 Å². The number of rotatable bonds is 6. The van der Waals surface area contributed by atoms with Crippen molar-refractivity contribution in [3.8, 4) is 0 Å². The number of carbonyl (C=O) groups is 1. The molecule has 0 fully saturated rings. The van der Waals surface area contributed by atoms with Crippen LogP contribution in [0.15, 0.2) is 59.1 Å². The first-order valence-electron chi connectivity index (χ1n) is 6.96. The van der Waals surface area contributed by atoms with E-state index in [2.05, 4.69) is 0 Å². The van der Waals surface area contributed by atoms with Crippen molar-refractivity contribution >= 4 is 37.2 Å². The van der Waals surface area contributed by atoms with E-state index in [1.54, 1.807) is 25.1 Å². The Morgan fingerprint density at radius 1 is 1.22 bits per heavy atom. The summed E-state index contributed by atoms with van der Waals surface area (Å²) < 4.78 is 6.65. The maximum absolute atomic E-state index is 12.2. The second-order valence-corrected chi connectivity index (χ2v) is 6.84. The Morgan fingerprint density at radius 2 is 1.96 bits per heavy atom. The van der Waals surface area contributed by atoms with Gasteiger partial charge < -0.3 is 0 Å². The van der Waals surface area contributed by atoms with Crippen LogP contribution in [0.4, 0.5) is 5.69 Å². The van der Waals surface area contributed by atoms with E-state index in [9.17, 15) is 14.9 Å². The van der Waals surface area contributed by atoms with E-state index in [4.69, 9.17) is 4.74 Å². The summed E-state index contributed by atoms with van der Waals surface area (Å²) in [6, 6.07) is 15.8. The average molecular weight is 376 g/mol. The zero-order chi connectivity index (χ0) is 16.7. The Kier molecular flexibility index (Phi) is 6.09. The number of carbonyl (C=O) groups excluding carboxylic acids is 1. The first-order chi connectivity index (χ1) is 11.1. The van der Waals surface area contributed by atoms with Gasteiger partial charge in [0.05, 0.1) is 0 Å². The van der Waals surface area contributed by atoms with Crippen LogP contribution in [0.1, 0.15) is 12.5 Å². The molecule has 0 atom stereocenters. The van der Waals surface area contributed by atoms with Gasteiger partial charge in [-0.15, -0.1) is 0 Å². The van der Waals surface area contributed by atoms with Crippen molar-refractivity contribution in [1.82, 2.24) is 0 Å². The summed E-state index contributed by atoms with van der Waals surface area (Å²) >= 11 is -0.238. The van der Waals surface area contributed by atoms with Gasteiger partial charge in [0.25, 0.3) is 0 Å². The number of hydrogen-bond acceptors (Lipinski definition) is 4. The third-order valence-corrected chi connectivity index (χ3v) is 4.95. The van der Waals surface area contributed by atoms with Crippen LogP contribution in [0, 0.1) is 10.1 Å². The van der Waals surface area contributed by atoms with Crippen molar-refractivity contribution < 1.29 is 14.5 Å². The standard InChI is InChI=1S/C17H15NO4Se/c1-2-22-17(19)16(23-15-9-4-3-5-10-15)12-13-7-6-8-14(11-13)18(20)21/h3-12H,2H2,1H3/b16-12-. The maximum atomic E-state index is 12.2. The molecule has 0 bridgehead atoms. The molecule has 0 heterocycles. The summed E-state index contributed by atoms with van der Waals surface area (Å²) in [6.45, 7) is 2.04. The normalized spacial score (nSPS) is 11.1. The minimum absolute atomic E-state index is 0.00540. The van der Waals surface area contributed by atoms with Gasteiger partial charge >= 0.3 is 140 Å². The van der Waals surface area contributed by atoms with Crippen molar-refractivity contribution in [1.29, 1.82) is 0 Å². The van der Waals surface area contributed by atoms with E-state index in [-0.39, 0.29) is 33.2 Å². The molecule has 0 radical (unpaired) electrons. The molecule has 0 saturated heterocycles. The Bertz CT molecular complexity index is 728. The zero-order valence-corrected chi connectivity index (χ0v) is 14.2. The molecule has 0 unspecified atom stereocenters. The van der Waals surface area contributed by atoms with Gasteiger partial charge in [0.15, 0.2) is 0 Å². The Balaban J connectivity index is 2.34. The number of benzene rings is 2. The monoisotopic (exact) mass is 377 g/mol. The molecule has 6 heteroatoms. The predicted molar refractivity (Wildman–Crippen MR) is 89.5 cm³/mol. The van der Waals surface area contributed by atoms with Gasteiger partial charge in [-0.3, -0.25) is 0 Å². The van der Waals surface area contributed by atoms with Crippen molar-refractivity contribution in [2.75, 3.05) is 6.61 Å². The quantitative estimate of drug-likeness (QED) is 0.255. The molecule has 2 rings (SSSR count). The van der Waals surface area contributed by atoms with E-state index in [1.165, 1.54) is 12.1 Å². The molecular formula is C17H15NO4Se. The molecular weight excluding hydrogens is 361 g/mol. The van der Waals surface area contributed by atoms with Crippen LogP contribution in [-0.2, 0) is 9.53 Å². The van der Waals surface area contributed by atoms with E-state index in [0.29, 0.717) is 10.0 Å². The van der Waals surface area contributed by atoms with Gasteiger partial charge in [-0.05, 0) is 0 Å². The van der Waals surface area contributed by atoms with Crippen LogP contribution >= 0.6 is 0 Å². The molecule has 0 amide bonds. The number of nitrogens with zero attached hydrogens (tertiary/aromatic N) is 1. The molecule has 0 N–H and O–H groups in total. The Hall–Kier alpha value is -2.43. The van der Waals surface area contributed by atoms with Crippen LogP contribution in [0.2, 0.25) is 0 Å². The molecule has 0 aromatic heterocycles. The van der Waals surface area contributed by atoms with Gasteiger partial charge in [0.2, 0.25) is 0 Å². The van der Waals surface area contributed by atoms with E-state index in [1.807, 2.05) is 30.3 Å². The Morgan fingerprint density at radius 3 is 2.61 bits per heavy atom. The van der Waals surface area contributed by atoms with Crippen LogP contribution in [0.5, 0.6) is 0 Å². The molecule has 0 spiro atoms. The fourth-order valence-electron chi connectivity index (χ4n) is 1.83. The third-order valence-electron chi connectivity index (χ3n) is 2.83. The number of esters is 1. The minimum atomic E-state index is -0.455. The number of nitro groups is 1.